The van der Waals surface area contributed by atoms with Crippen molar-refractivity contribution in [3.8, 4) is 0 Å². The Kier molecular flexibility index (Phi) is 6.37. The van der Waals surface area contributed by atoms with Gasteiger partial charge in [-0.25, -0.2) is 0 Å². The molecule has 2 N–H and O–H groups in total. The van der Waals surface area contributed by atoms with Crippen molar-refractivity contribution in [2.75, 3.05) is 13.2 Å². The quantitative estimate of drug-likeness (QED) is 0.741. The molecular formula is C16H27NO. The molecule has 0 saturated carbocycles. The van der Waals surface area contributed by atoms with Crippen molar-refractivity contribution in [1.82, 2.24) is 5.32 Å². The van der Waals surface area contributed by atoms with Crippen LogP contribution in [-0.4, -0.2) is 18.3 Å². The molecule has 0 aliphatic carbocycles. The Balaban J connectivity index is 2.45. The van der Waals surface area contributed by atoms with E-state index in [9.17, 15) is 5.11 Å². The number of hydrogen-bond donors (Lipinski definition) is 2. The molecule has 2 heteroatoms. The van der Waals surface area contributed by atoms with E-state index in [0.29, 0.717) is 0 Å². The molecule has 0 heterocycles. The first-order valence-corrected chi connectivity index (χ1v) is 7.03. The molecule has 0 spiro atoms. The van der Waals surface area contributed by atoms with Gasteiger partial charge in [0.25, 0.3) is 0 Å². The second-order valence-corrected chi connectivity index (χ2v) is 5.27. The molecule has 0 bridgehead atoms. The molecule has 0 radical (unpaired) electrons. The average molecular weight is 249 g/mol. The van der Waals surface area contributed by atoms with Crippen molar-refractivity contribution in [3.05, 3.63) is 35.4 Å². The second-order valence-electron chi connectivity index (χ2n) is 5.27. The maximum Gasteiger partial charge on any atom is 0.0436 e. The SMILES string of the molecule is CCC(CC)(CCO)CNCc1ccc(C)cc1. The van der Waals surface area contributed by atoms with E-state index in [4.69, 9.17) is 0 Å². The lowest BCUT2D eigenvalue weighted by molar-refractivity contribution is 0.163. The van der Waals surface area contributed by atoms with Crippen LogP contribution in [0.15, 0.2) is 24.3 Å². The molecule has 0 atom stereocenters. The average Bonchev–Trinajstić information content (AvgIpc) is 2.40. The lowest BCUT2D eigenvalue weighted by Crippen LogP contribution is -2.34. The molecule has 0 unspecified atom stereocenters. The minimum absolute atomic E-state index is 0.249. The van der Waals surface area contributed by atoms with Gasteiger partial charge in [-0.2, -0.15) is 0 Å². The second kappa shape index (κ2) is 7.55. The third kappa shape index (κ3) is 4.43. The maximum absolute atomic E-state index is 9.18. The zero-order chi connectivity index (χ0) is 13.4. The van der Waals surface area contributed by atoms with E-state index in [-0.39, 0.29) is 12.0 Å². The number of aliphatic hydroxyl groups excluding tert-OH is 1. The van der Waals surface area contributed by atoms with Crippen LogP contribution in [0.1, 0.15) is 44.2 Å². The summed E-state index contributed by atoms with van der Waals surface area (Å²) in [6.07, 6.45) is 3.12. The minimum Gasteiger partial charge on any atom is -0.396 e. The highest BCUT2D eigenvalue weighted by atomic mass is 16.3. The number of aliphatic hydroxyl groups is 1. The van der Waals surface area contributed by atoms with Gasteiger partial charge in [0.05, 0.1) is 0 Å². The zero-order valence-electron chi connectivity index (χ0n) is 12.0. The molecule has 0 aliphatic rings. The molecule has 102 valence electrons. The third-order valence-corrected chi connectivity index (χ3v) is 4.09. The van der Waals surface area contributed by atoms with Crippen LogP contribution >= 0.6 is 0 Å². The van der Waals surface area contributed by atoms with Crippen LogP contribution < -0.4 is 5.32 Å². The zero-order valence-corrected chi connectivity index (χ0v) is 12.0. The first kappa shape index (κ1) is 15.2. The standard InChI is InChI=1S/C16H27NO/c1-4-16(5-2,10-11-18)13-17-12-15-8-6-14(3)7-9-15/h6-9,17-18H,4-5,10-13H2,1-3H3. The summed E-state index contributed by atoms with van der Waals surface area (Å²) >= 11 is 0. The topological polar surface area (TPSA) is 32.3 Å². The van der Waals surface area contributed by atoms with E-state index in [2.05, 4.69) is 50.4 Å². The summed E-state index contributed by atoms with van der Waals surface area (Å²) in [6.45, 7) is 8.72. The van der Waals surface area contributed by atoms with Gasteiger partial charge in [0, 0.05) is 19.7 Å². The van der Waals surface area contributed by atoms with Crippen LogP contribution in [0, 0.1) is 12.3 Å². The third-order valence-electron chi connectivity index (χ3n) is 4.09. The molecule has 18 heavy (non-hydrogen) atoms. The van der Waals surface area contributed by atoms with E-state index >= 15 is 0 Å². The molecule has 0 fully saturated rings. The molecule has 0 aliphatic heterocycles. The first-order valence-electron chi connectivity index (χ1n) is 7.03. The molecule has 0 amide bonds. The normalized spacial score (nSPS) is 11.8. The fourth-order valence-electron chi connectivity index (χ4n) is 2.36. The van der Waals surface area contributed by atoms with E-state index in [0.717, 1.165) is 32.4 Å². The Hall–Kier alpha value is -0.860. The maximum atomic E-state index is 9.18. The molecule has 2 nitrogen and oxygen atoms in total. The van der Waals surface area contributed by atoms with Gasteiger partial charge >= 0.3 is 0 Å². The summed E-state index contributed by atoms with van der Waals surface area (Å²) in [6, 6.07) is 8.65. The summed E-state index contributed by atoms with van der Waals surface area (Å²) in [5.41, 5.74) is 2.88. The summed E-state index contributed by atoms with van der Waals surface area (Å²) in [5.74, 6) is 0. The minimum atomic E-state index is 0.249. The number of benzene rings is 1. The molecule has 0 saturated heterocycles. The molecule has 1 aromatic carbocycles. The Morgan fingerprint density at radius 1 is 1.11 bits per heavy atom. The summed E-state index contributed by atoms with van der Waals surface area (Å²) in [4.78, 5) is 0. The van der Waals surface area contributed by atoms with Crippen molar-refractivity contribution in [1.29, 1.82) is 0 Å². The summed E-state index contributed by atoms with van der Waals surface area (Å²) in [5, 5.41) is 12.7. The van der Waals surface area contributed by atoms with Gasteiger partial charge in [-0.3, -0.25) is 0 Å². The summed E-state index contributed by atoms with van der Waals surface area (Å²) in [7, 11) is 0. The van der Waals surface area contributed by atoms with Crippen molar-refractivity contribution >= 4 is 0 Å². The van der Waals surface area contributed by atoms with Gasteiger partial charge in [0.15, 0.2) is 0 Å². The lowest BCUT2D eigenvalue weighted by atomic mass is 9.79. The van der Waals surface area contributed by atoms with Crippen LogP contribution in [0.25, 0.3) is 0 Å². The van der Waals surface area contributed by atoms with Crippen LogP contribution in [0.2, 0.25) is 0 Å². The lowest BCUT2D eigenvalue weighted by Gasteiger charge is -2.31. The van der Waals surface area contributed by atoms with Gasteiger partial charge in [-0.05, 0) is 37.2 Å². The van der Waals surface area contributed by atoms with Crippen LogP contribution in [-0.2, 0) is 6.54 Å². The van der Waals surface area contributed by atoms with Gasteiger partial charge in [0.1, 0.15) is 0 Å². The predicted molar refractivity (Wildman–Crippen MR) is 77.6 cm³/mol. The van der Waals surface area contributed by atoms with E-state index in [1.807, 2.05) is 0 Å². The monoisotopic (exact) mass is 249 g/mol. The van der Waals surface area contributed by atoms with Crippen LogP contribution in [0.4, 0.5) is 0 Å². The number of aryl methyl sites for hydroxylation is 1. The van der Waals surface area contributed by atoms with Crippen molar-refractivity contribution < 1.29 is 5.11 Å². The number of hydrogen-bond acceptors (Lipinski definition) is 2. The van der Waals surface area contributed by atoms with Crippen molar-refractivity contribution in [2.24, 2.45) is 5.41 Å². The van der Waals surface area contributed by atoms with Crippen molar-refractivity contribution in [3.63, 3.8) is 0 Å². The molecule has 1 aromatic rings. The summed E-state index contributed by atoms with van der Waals surface area (Å²) < 4.78 is 0. The van der Waals surface area contributed by atoms with Crippen molar-refractivity contribution in [2.45, 2.75) is 46.6 Å². The molecule has 0 aromatic heterocycles. The Bertz CT molecular complexity index is 327. The van der Waals surface area contributed by atoms with Gasteiger partial charge < -0.3 is 10.4 Å². The van der Waals surface area contributed by atoms with Crippen LogP contribution in [0.5, 0.6) is 0 Å². The number of nitrogens with one attached hydrogen (secondary N) is 1. The van der Waals surface area contributed by atoms with Gasteiger partial charge in [-0.1, -0.05) is 43.7 Å². The van der Waals surface area contributed by atoms with E-state index < -0.39 is 0 Å². The Labute approximate surface area is 111 Å². The highest BCUT2D eigenvalue weighted by Gasteiger charge is 2.24. The number of rotatable bonds is 8. The van der Waals surface area contributed by atoms with Gasteiger partial charge in [0.2, 0.25) is 0 Å². The molecule has 1 rings (SSSR count). The van der Waals surface area contributed by atoms with E-state index in [1.54, 1.807) is 0 Å². The predicted octanol–water partition coefficient (Wildman–Crippen LogP) is 3.27. The van der Waals surface area contributed by atoms with E-state index in [1.165, 1.54) is 11.1 Å². The smallest absolute Gasteiger partial charge is 0.0436 e. The highest BCUT2D eigenvalue weighted by Crippen LogP contribution is 2.29. The fourth-order valence-corrected chi connectivity index (χ4v) is 2.36. The first-order chi connectivity index (χ1) is 8.65. The Morgan fingerprint density at radius 3 is 2.22 bits per heavy atom. The highest BCUT2D eigenvalue weighted by molar-refractivity contribution is 5.21. The van der Waals surface area contributed by atoms with Gasteiger partial charge in [-0.15, -0.1) is 0 Å². The Morgan fingerprint density at radius 2 is 1.72 bits per heavy atom. The largest absolute Gasteiger partial charge is 0.396 e. The fraction of sp³-hybridized carbons (Fsp3) is 0.625. The van der Waals surface area contributed by atoms with Crippen LogP contribution in [0.3, 0.4) is 0 Å². The molecular weight excluding hydrogens is 222 g/mol.